The van der Waals surface area contributed by atoms with Gasteiger partial charge in [-0.3, -0.25) is 4.79 Å². The second kappa shape index (κ2) is 11.6. The third kappa shape index (κ3) is 6.65. The Morgan fingerprint density at radius 2 is 1.74 bits per heavy atom. The molecule has 2 heterocycles. The number of hydrogen-bond acceptors (Lipinski definition) is 8. The van der Waals surface area contributed by atoms with Crippen molar-refractivity contribution >= 4 is 47.0 Å². The number of nitrogens with one attached hydrogen (secondary N) is 2. The summed E-state index contributed by atoms with van der Waals surface area (Å²) in [6.07, 6.45) is 3.42. The molecule has 2 fully saturated rings. The third-order valence-electron chi connectivity index (χ3n) is 6.84. The van der Waals surface area contributed by atoms with Crippen LogP contribution in [0.5, 0.6) is 0 Å². The molecule has 190 valence electrons. The first kappa shape index (κ1) is 25.7. The van der Waals surface area contributed by atoms with Crippen LogP contribution in [0.4, 0.5) is 17.8 Å². The van der Waals surface area contributed by atoms with Gasteiger partial charge < -0.3 is 25.3 Å². The van der Waals surface area contributed by atoms with Crippen LogP contribution < -0.4 is 15.5 Å². The van der Waals surface area contributed by atoms with E-state index in [0.29, 0.717) is 34.4 Å². The van der Waals surface area contributed by atoms with Crippen LogP contribution in [0, 0.1) is 5.92 Å². The van der Waals surface area contributed by atoms with Crippen molar-refractivity contribution in [2.45, 2.75) is 38.3 Å². The average Bonchev–Trinajstić information content (AvgIpc) is 2.86. The number of carbonyl (C=O) groups excluding carboxylic acids is 1. The van der Waals surface area contributed by atoms with Crippen molar-refractivity contribution in [3.05, 3.63) is 33.8 Å². The van der Waals surface area contributed by atoms with Gasteiger partial charge in [0.05, 0.1) is 0 Å². The van der Waals surface area contributed by atoms with Crippen LogP contribution in [0.3, 0.4) is 0 Å². The average molecular weight is 521 g/mol. The van der Waals surface area contributed by atoms with Crippen molar-refractivity contribution < 1.29 is 4.79 Å². The summed E-state index contributed by atoms with van der Waals surface area (Å²) in [6, 6.07) is 5.61. The fourth-order valence-electron chi connectivity index (χ4n) is 4.65. The lowest BCUT2D eigenvalue weighted by molar-refractivity contribution is -0.135. The van der Waals surface area contributed by atoms with E-state index in [2.05, 4.69) is 37.4 Å². The van der Waals surface area contributed by atoms with Gasteiger partial charge in [0, 0.05) is 68.8 Å². The normalized spacial score (nSPS) is 21.0. The molecule has 2 N–H and O–H groups in total. The summed E-state index contributed by atoms with van der Waals surface area (Å²) in [7, 11) is 5.78. The van der Waals surface area contributed by atoms with Gasteiger partial charge in [-0.2, -0.15) is 15.0 Å². The molecule has 2 aliphatic rings. The summed E-state index contributed by atoms with van der Waals surface area (Å²) in [6.45, 7) is 4.23. The first-order valence-corrected chi connectivity index (χ1v) is 12.9. The maximum atomic E-state index is 13.1. The Labute approximate surface area is 217 Å². The highest BCUT2D eigenvalue weighted by atomic mass is 35.5. The summed E-state index contributed by atoms with van der Waals surface area (Å²) >= 11 is 12.3. The second-order valence-electron chi connectivity index (χ2n) is 9.45. The van der Waals surface area contributed by atoms with Gasteiger partial charge in [0.1, 0.15) is 0 Å². The number of piperazine rings is 1. The molecule has 4 rings (SSSR count). The molecule has 1 amide bonds. The molecule has 1 aromatic carbocycles. The van der Waals surface area contributed by atoms with Gasteiger partial charge in [-0.15, -0.1) is 0 Å². The molecule has 11 heteroatoms. The zero-order valence-corrected chi connectivity index (χ0v) is 22.1. The number of benzene rings is 1. The topological polar surface area (TPSA) is 89.5 Å². The van der Waals surface area contributed by atoms with Crippen molar-refractivity contribution in [3.8, 4) is 0 Å². The van der Waals surface area contributed by atoms with Crippen LogP contribution in [-0.4, -0.2) is 84.0 Å². The molecule has 9 nitrogen and oxygen atoms in total. The van der Waals surface area contributed by atoms with Gasteiger partial charge in [0.15, 0.2) is 0 Å². The largest absolute Gasteiger partial charge is 0.357 e. The smallest absolute Gasteiger partial charge is 0.232 e. The first-order valence-electron chi connectivity index (χ1n) is 12.1. The summed E-state index contributed by atoms with van der Waals surface area (Å²) in [4.78, 5) is 33.1. The van der Waals surface area contributed by atoms with E-state index in [9.17, 15) is 4.79 Å². The van der Waals surface area contributed by atoms with E-state index < -0.39 is 0 Å². The minimum atomic E-state index is 0.0104. The minimum absolute atomic E-state index is 0.0104. The lowest BCUT2D eigenvalue weighted by atomic mass is 9.85. The molecule has 35 heavy (non-hydrogen) atoms. The van der Waals surface area contributed by atoms with Gasteiger partial charge in [-0.05, 0) is 50.4 Å². The van der Waals surface area contributed by atoms with E-state index in [1.54, 1.807) is 17.0 Å². The Balaban J connectivity index is 1.32. The van der Waals surface area contributed by atoms with E-state index in [1.165, 1.54) is 0 Å². The van der Waals surface area contributed by atoms with Gasteiger partial charge in [-0.25, -0.2) is 0 Å². The number of amides is 1. The van der Waals surface area contributed by atoms with E-state index in [0.717, 1.165) is 57.4 Å². The molecular weight excluding hydrogens is 487 g/mol. The quantitative estimate of drug-likeness (QED) is 0.572. The van der Waals surface area contributed by atoms with Crippen LogP contribution in [0.2, 0.25) is 10.0 Å². The minimum Gasteiger partial charge on any atom is -0.357 e. The standard InChI is InChI=1S/C24H34Cl2N8O/c1-27-22-29-23(31-24(30-22)34-12-10-32(2)11-13-34)28-19-8-5-16(6-9-19)21(35)33(3)15-17-4-7-18(25)14-20(17)26/h4,7,14,16,19H,5-6,8-13,15H2,1-3H3,(H2,27,28,29,30,31)/t16-,19+. The van der Waals surface area contributed by atoms with Crippen molar-refractivity contribution in [2.75, 3.05) is 62.9 Å². The monoisotopic (exact) mass is 520 g/mol. The van der Waals surface area contributed by atoms with E-state index >= 15 is 0 Å². The lowest BCUT2D eigenvalue weighted by Gasteiger charge is -2.33. The molecule has 0 bridgehead atoms. The van der Waals surface area contributed by atoms with Crippen LogP contribution >= 0.6 is 23.2 Å². The number of rotatable bonds is 7. The summed E-state index contributed by atoms with van der Waals surface area (Å²) in [5, 5.41) is 7.71. The molecule has 1 aromatic heterocycles. The second-order valence-corrected chi connectivity index (χ2v) is 10.3. The van der Waals surface area contributed by atoms with Crippen molar-refractivity contribution in [3.63, 3.8) is 0 Å². The Morgan fingerprint density at radius 3 is 2.40 bits per heavy atom. The highest BCUT2D eigenvalue weighted by Crippen LogP contribution is 2.29. The third-order valence-corrected chi connectivity index (χ3v) is 7.43. The molecule has 0 unspecified atom stereocenters. The number of aromatic nitrogens is 3. The SMILES string of the molecule is CNc1nc(N[C@H]2CC[C@@H](C(=O)N(C)Cc3ccc(Cl)cc3Cl)CC2)nc(N2CCN(C)CC2)n1. The van der Waals surface area contributed by atoms with Gasteiger partial charge in [-0.1, -0.05) is 29.3 Å². The molecule has 1 aliphatic carbocycles. The molecule has 0 spiro atoms. The fourth-order valence-corrected chi connectivity index (χ4v) is 5.12. The Kier molecular flexibility index (Phi) is 8.51. The van der Waals surface area contributed by atoms with E-state index in [-0.39, 0.29) is 17.9 Å². The van der Waals surface area contributed by atoms with E-state index in [4.69, 9.17) is 28.2 Å². The number of carbonyl (C=O) groups is 1. The Morgan fingerprint density at radius 1 is 1.06 bits per heavy atom. The zero-order valence-electron chi connectivity index (χ0n) is 20.6. The summed E-state index contributed by atoms with van der Waals surface area (Å²) < 4.78 is 0. The maximum Gasteiger partial charge on any atom is 0.232 e. The van der Waals surface area contributed by atoms with E-state index in [1.807, 2.05) is 20.2 Å². The number of likely N-dealkylation sites (N-methyl/N-ethyl adjacent to an activating group) is 1. The zero-order chi connectivity index (χ0) is 24.9. The van der Waals surface area contributed by atoms with Gasteiger partial charge in [0.25, 0.3) is 0 Å². The molecule has 0 atom stereocenters. The molecular formula is C24H34Cl2N8O. The molecule has 0 radical (unpaired) electrons. The highest BCUT2D eigenvalue weighted by Gasteiger charge is 2.29. The number of hydrogen-bond donors (Lipinski definition) is 2. The number of nitrogens with zero attached hydrogens (tertiary/aromatic N) is 6. The van der Waals surface area contributed by atoms with Crippen LogP contribution in [0.25, 0.3) is 0 Å². The van der Waals surface area contributed by atoms with Crippen molar-refractivity contribution in [1.82, 2.24) is 24.8 Å². The predicted octanol–water partition coefficient (Wildman–Crippen LogP) is 3.60. The van der Waals surface area contributed by atoms with Crippen LogP contribution in [0.1, 0.15) is 31.2 Å². The first-order chi connectivity index (χ1) is 16.8. The fraction of sp³-hybridized carbons (Fsp3) is 0.583. The molecule has 1 saturated carbocycles. The lowest BCUT2D eigenvalue weighted by Crippen LogP contribution is -2.45. The number of anilines is 3. The van der Waals surface area contributed by atoms with Crippen molar-refractivity contribution in [1.29, 1.82) is 0 Å². The van der Waals surface area contributed by atoms with Gasteiger partial charge in [0.2, 0.25) is 23.8 Å². The van der Waals surface area contributed by atoms with Crippen LogP contribution in [0.15, 0.2) is 18.2 Å². The highest BCUT2D eigenvalue weighted by molar-refractivity contribution is 6.35. The maximum absolute atomic E-state index is 13.1. The number of halogens is 2. The van der Waals surface area contributed by atoms with Crippen molar-refractivity contribution in [2.24, 2.45) is 5.92 Å². The summed E-state index contributed by atoms with van der Waals surface area (Å²) in [5.74, 6) is 2.01. The molecule has 2 aromatic rings. The molecule has 1 aliphatic heterocycles. The van der Waals surface area contributed by atoms with Crippen LogP contribution in [-0.2, 0) is 11.3 Å². The molecule has 1 saturated heterocycles. The predicted molar refractivity (Wildman–Crippen MR) is 141 cm³/mol. The summed E-state index contributed by atoms with van der Waals surface area (Å²) in [5.41, 5.74) is 0.897. The Hall–Kier alpha value is -2.36. The Bertz CT molecular complexity index is 1020. The van der Waals surface area contributed by atoms with Gasteiger partial charge >= 0.3 is 0 Å².